The van der Waals surface area contributed by atoms with Crippen LogP contribution in [0.15, 0.2) is 55.4 Å². The van der Waals surface area contributed by atoms with E-state index in [-0.39, 0.29) is 0 Å². The van der Waals surface area contributed by atoms with Gasteiger partial charge in [0, 0.05) is 11.6 Å². The lowest BCUT2D eigenvalue weighted by molar-refractivity contribution is 1.01. The molecule has 5 heteroatoms. The predicted molar refractivity (Wildman–Crippen MR) is 72.0 cm³/mol. The van der Waals surface area contributed by atoms with Gasteiger partial charge in [-0.25, -0.2) is 19.9 Å². The molecule has 4 aromatic rings. The minimum absolute atomic E-state index is 0.761. The van der Waals surface area contributed by atoms with Crippen LogP contribution < -0.4 is 0 Å². The molecule has 0 radical (unpaired) electrons. The van der Waals surface area contributed by atoms with Gasteiger partial charge in [0.05, 0.1) is 6.20 Å². The summed E-state index contributed by atoms with van der Waals surface area (Å²) in [6.45, 7) is 0. The highest BCUT2D eigenvalue weighted by Crippen LogP contribution is 2.22. The number of fused-ring (bicyclic) bond motifs is 2. The SMILES string of the molecule is c1ccc2c(-n3cnc4cncnc43)nccc2c1. The van der Waals surface area contributed by atoms with E-state index in [9.17, 15) is 0 Å². The van der Waals surface area contributed by atoms with Crippen molar-refractivity contribution in [2.24, 2.45) is 0 Å². The number of rotatable bonds is 1. The van der Waals surface area contributed by atoms with E-state index < -0.39 is 0 Å². The third kappa shape index (κ3) is 1.48. The van der Waals surface area contributed by atoms with Crippen LogP contribution in [0.1, 0.15) is 0 Å². The Morgan fingerprint density at radius 3 is 2.89 bits per heavy atom. The summed E-state index contributed by atoms with van der Waals surface area (Å²) in [5.74, 6) is 0.833. The van der Waals surface area contributed by atoms with Gasteiger partial charge in [-0.3, -0.25) is 4.57 Å². The van der Waals surface area contributed by atoms with Crippen molar-refractivity contribution in [2.45, 2.75) is 0 Å². The van der Waals surface area contributed by atoms with Crippen LogP contribution in [0.25, 0.3) is 27.8 Å². The predicted octanol–water partition coefficient (Wildman–Crippen LogP) is 2.36. The van der Waals surface area contributed by atoms with Crippen LogP contribution in [-0.4, -0.2) is 24.5 Å². The van der Waals surface area contributed by atoms with E-state index in [1.165, 1.54) is 6.33 Å². The molecule has 0 aliphatic carbocycles. The van der Waals surface area contributed by atoms with Crippen LogP contribution in [0, 0.1) is 0 Å². The zero-order valence-electron chi connectivity index (χ0n) is 9.93. The smallest absolute Gasteiger partial charge is 0.169 e. The molecule has 5 nitrogen and oxygen atoms in total. The Morgan fingerprint density at radius 1 is 0.947 bits per heavy atom. The molecule has 0 unspecified atom stereocenters. The zero-order chi connectivity index (χ0) is 12.7. The second-order valence-corrected chi connectivity index (χ2v) is 4.20. The molecule has 0 N–H and O–H groups in total. The molecule has 0 bridgehead atoms. The van der Waals surface area contributed by atoms with Crippen LogP contribution in [0.4, 0.5) is 0 Å². The van der Waals surface area contributed by atoms with E-state index in [0.717, 1.165) is 27.8 Å². The molecule has 19 heavy (non-hydrogen) atoms. The summed E-state index contributed by atoms with van der Waals surface area (Å²) in [4.78, 5) is 17.0. The normalized spacial score (nSPS) is 11.2. The zero-order valence-corrected chi connectivity index (χ0v) is 9.93. The standard InChI is InChI=1S/C14H9N5/c1-2-4-11-10(3-1)5-6-16-13(11)19-9-18-12-7-15-8-17-14(12)19/h1-9H. The molecule has 1 aromatic carbocycles. The van der Waals surface area contributed by atoms with E-state index in [0.29, 0.717) is 0 Å². The number of benzene rings is 1. The maximum Gasteiger partial charge on any atom is 0.169 e. The summed E-state index contributed by atoms with van der Waals surface area (Å²) in [6, 6.07) is 10.1. The Balaban J connectivity index is 2.10. The summed E-state index contributed by atoms with van der Waals surface area (Å²) in [5, 5.41) is 2.21. The highest BCUT2D eigenvalue weighted by Gasteiger charge is 2.09. The van der Waals surface area contributed by atoms with Gasteiger partial charge in [-0.05, 0) is 11.5 Å². The van der Waals surface area contributed by atoms with Crippen molar-refractivity contribution in [1.29, 1.82) is 0 Å². The lowest BCUT2D eigenvalue weighted by Gasteiger charge is -2.06. The largest absolute Gasteiger partial charge is 0.266 e. The summed E-state index contributed by atoms with van der Waals surface area (Å²) in [6.07, 6.45) is 6.74. The van der Waals surface area contributed by atoms with Crippen molar-refractivity contribution >= 4 is 21.9 Å². The quantitative estimate of drug-likeness (QED) is 0.518. The van der Waals surface area contributed by atoms with Gasteiger partial charge in [0.15, 0.2) is 5.65 Å². The van der Waals surface area contributed by atoms with Crippen molar-refractivity contribution in [2.75, 3.05) is 0 Å². The number of hydrogen-bond donors (Lipinski definition) is 0. The van der Waals surface area contributed by atoms with Gasteiger partial charge in [-0.1, -0.05) is 24.3 Å². The Hall–Kier alpha value is -2.82. The topological polar surface area (TPSA) is 56.5 Å². The number of nitrogens with zero attached hydrogens (tertiary/aromatic N) is 5. The second kappa shape index (κ2) is 3.84. The average Bonchev–Trinajstić information content (AvgIpc) is 2.90. The molecule has 0 aliphatic rings. The average molecular weight is 247 g/mol. The Bertz CT molecular complexity index is 876. The molecule has 3 heterocycles. The van der Waals surface area contributed by atoms with Crippen molar-refractivity contribution in [3.05, 3.63) is 55.4 Å². The molecule has 0 saturated heterocycles. The first-order valence-corrected chi connectivity index (χ1v) is 5.91. The third-order valence-electron chi connectivity index (χ3n) is 3.09. The summed E-state index contributed by atoms with van der Waals surface area (Å²) < 4.78 is 1.89. The molecule has 0 amide bonds. The van der Waals surface area contributed by atoms with Crippen molar-refractivity contribution in [1.82, 2.24) is 24.5 Å². The van der Waals surface area contributed by atoms with Gasteiger partial charge in [-0.15, -0.1) is 0 Å². The third-order valence-corrected chi connectivity index (χ3v) is 3.09. The Labute approximate surface area is 108 Å². The van der Waals surface area contributed by atoms with E-state index >= 15 is 0 Å². The fourth-order valence-electron chi connectivity index (χ4n) is 2.22. The fourth-order valence-corrected chi connectivity index (χ4v) is 2.22. The monoisotopic (exact) mass is 247 g/mol. The van der Waals surface area contributed by atoms with E-state index in [1.54, 1.807) is 18.7 Å². The molecule has 0 spiro atoms. The lowest BCUT2D eigenvalue weighted by Crippen LogP contribution is -1.98. The van der Waals surface area contributed by atoms with Crippen LogP contribution in [0.3, 0.4) is 0 Å². The number of hydrogen-bond acceptors (Lipinski definition) is 4. The van der Waals surface area contributed by atoms with Crippen LogP contribution in [0.2, 0.25) is 0 Å². The molecule has 0 atom stereocenters. The van der Waals surface area contributed by atoms with Gasteiger partial charge in [-0.2, -0.15) is 0 Å². The van der Waals surface area contributed by atoms with Crippen molar-refractivity contribution in [3.63, 3.8) is 0 Å². The maximum atomic E-state index is 4.46. The molecule has 0 saturated carbocycles. The lowest BCUT2D eigenvalue weighted by atomic mass is 10.1. The number of imidazole rings is 1. The van der Waals surface area contributed by atoms with Crippen LogP contribution in [0.5, 0.6) is 0 Å². The van der Waals surface area contributed by atoms with E-state index in [4.69, 9.17) is 0 Å². The molecule has 3 aromatic heterocycles. The van der Waals surface area contributed by atoms with Gasteiger partial charge in [0.25, 0.3) is 0 Å². The minimum atomic E-state index is 0.761. The van der Waals surface area contributed by atoms with Crippen molar-refractivity contribution in [3.8, 4) is 5.82 Å². The van der Waals surface area contributed by atoms with E-state index in [2.05, 4.69) is 26.0 Å². The molecular formula is C14H9N5. The Morgan fingerprint density at radius 2 is 1.89 bits per heavy atom. The van der Waals surface area contributed by atoms with Crippen molar-refractivity contribution < 1.29 is 0 Å². The minimum Gasteiger partial charge on any atom is -0.266 e. The Kier molecular flexibility index (Phi) is 2.05. The summed E-state index contributed by atoms with van der Waals surface area (Å²) in [7, 11) is 0. The van der Waals surface area contributed by atoms with Gasteiger partial charge >= 0.3 is 0 Å². The first-order chi connectivity index (χ1) is 9.43. The first-order valence-electron chi connectivity index (χ1n) is 5.91. The molecule has 0 aliphatic heterocycles. The summed E-state index contributed by atoms with van der Waals surface area (Å²) >= 11 is 0. The maximum absolute atomic E-state index is 4.46. The van der Waals surface area contributed by atoms with Crippen LogP contribution in [-0.2, 0) is 0 Å². The summed E-state index contributed by atoms with van der Waals surface area (Å²) in [5.41, 5.74) is 1.52. The van der Waals surface area contributed by atoms with Gasteiger partial charge < -0.3 is 0 Å². The molecule has 0 fully saturated rings. The van der Waals surface area contributed by atoms with Crippen LogP contribution >= 0.6 is 0 Å². The van der Waals surface area contributed by atoms with Gasteiger partial charge in [0.2, 0.25) is 0 Å². The molecular weight excluding hydrogens is 238 g/mol. The molecule has 90 valence electrons. The second-order valence-electron chi connectivity index (χ2n) is 4.20. The van der Waals surface area contributed by atoms with Gasteiger partial charge in [0.1, 0.15) is 24.0 Å². The fraction of sp³-hybridized carbons (Fsp3) is 0. The number of aromatic nitrogens is 5. The first kappa shape index (κ1) is 10.1. The number of pyridine rings is 1. The highest BCUT2D eigenvalue weighted by atomic mass is 15.2. The van der Waals surface area contributed by atoms with E-state index in [1.807, 2.05) is 28.8 Å². The molecule has 4 rings (SSSR count). The highest BCUT2D eigenvalue weighted by molar-refractivity contribution is 5.89.